The molecule has 0 unspecified atom stereocenters. The van der Waals surface area contributed by atoms with Crippen molar-refractivity contribution in [3.63, 3.8) is 0 Å². The van der Waals surface area contributed by atoms with Gasteiger partial charge in [-0.25, -0.2) is 4.79 Å². The summed E-state index contributed by atoms with van der Waals surface area (Å²) in [6, 6.07) is 1.70. The zero-order chi connectivity index (χ0) is 10.4. The van der Waals surface area contributed by atoms with E-state index in [-0.39, 0.29) is 13.2 Å². The number of hydrogen-bond donors (Lipinski definition) is 1. The lowest BCUT2D eigenvalue weighted by molar-refractivity contribution is -0.154. The summed E-state index contributed by atoms with van der Waals surface area (Å²) < 4.78 is 9.29. The summed E-state index contributed by atoms with van der Waals surface area (Å²) in [5.74, 6) is -1.61. The van der Waals surface area contributed by atoms with Crippen LogP contribution < -0.4 is 5.32 Å². The van der Waals surface area contributed by atoms with Crippen LogP contribution in [0.25, 0.3) is 0 Å². The number of nitrogens with one attached hydrogen (secondary N) is 1. The maximum Gasteiger partial charge on any atom is 0.396 e. The molecule has 1 aromatic rings. The third-order valence-corrected chi connectivity index (χ3v) is 1.49. The van der Waals surface area contributed by atoms with E-state index < -0.39 is 11.9 Å². The Morgan fingerprint density at radius 3 is 2.93 bits per heavy atom. The summed E-state index contributed by atoms with van der Waals surface area (Å²) in [5.41, 5.74) is 0.794. The van der Waals surface area contributed by atoms with E-state index in [0.717, 1.165) is 5.56 Å². The second-order valence-electron chi connectivity index (χ2n) is 2.53. The van der Waals surface area contributed by atoms with Crippen LogP contribution in [-0.2, 0) is 20.9 Å². The fourth-order valence-electron chi connectivity index (χ4n) is 0.844. The lowest BCUT2D eigenvalue weighted by Gasteiger charge is -2.02. The third kappa shape index (κ3) is 2.93. The summed E-state index contributed by atoms with van der Waals surface area (Å²) in [6.07, 6.45) is 2.98. The van der Waals surface area contributed by atoms with Crippen LogP contribution in [0.5, 0.6) is 0 Å². The van der Waals surface area contributed by atoms with Gasteiger partial charge in [-0.3, -0.25) is 4.79 Å². The van der Waals surface area contributed by atoms with Crippen molar-refractivity contribution in [3.8, 4) is 0 Å². The van der Waals surface area contributed by atoms with Gasteiger partial charge >= 0.3 is 11.9 Å². The van der Waals surface area contributed by atoms with E-state index in [2.05, 4.69) is 10.1 Å². The number of hydrogen-bond acceptors (Lipinski definition) is 4. The molecule has 0 saturated carbocycles. The minimum Gasteiger partial charge on any atom is -0.472 e. The van der Waals surface area contributed by atoms with E-state index >= 15 is 0 Å². The van der Waals surface area contributed by atoms with Gasteiger partial charge in [0, 0.05) is 12.1 Å². The summed E-state index contributed by atoms with van der Waals surface area (Å²) in [4.78, 5) is 21.9. The first kappa shape index (κ1) is 10.3. The van der Waals surface area contributed by atoms with Gasteiger partial charge in [0.1, 0.15) is 0 Å². The number of ether oxygens (including phenoxy) is 1. The summed E-state index contributed by atoms with van der Waals surface area (Å²) >= 11 is 0. The Morgan fingerprint density at radius 2 is 2.36 bits per heavy atom. The summed E-state index contributed by atoms with van der Waals surface area (Å²) in [5, 5.41) is 2.40. The lowest BCUT2D eigenvalue weighted by atomic mass is 10.3. The van der Waals surface area contributed by atoms with Crippen molar-refractivity contribution in [2.45, 2.75) is 13.5 Å². The standard InChI is InChI=1S/C9H11NO4/c1-2-14-9(12)8(11)10-5-7-3-4-13-6-7/h3-4,6H,2,5H2,1H3,(H,10,11). The van der Waals surface area contributed by atoms with E-state index in [1.54, 1.807) is 13.0 Å². The zero-order valence-electron chi connectivity index (χ0n) is 7.78. The van der Waals surface area contributed by atoms with E-state index in [1.807, 2.05) is 0 Å². The van der Waals surface area contributed by atoms with Crippen molar-refractivity contribution >= 4 is 11.9 Å². The molecular formula is C9H11NO4. The second kappa shape index (κ2) is 5.06. The van der Waals surface area contributed by atoms with E-state index in [4.69, 9.17) is 4.42 Å². The van der Waals surface area contributed by atoms with Crippen LogP contribution in [-0.4, -0.2) is 18.5 Å². The van der Waals surface area contributed by atoms with Crippen LogP contribution in [0.4, 0.5) is 0 Å². The molecule has 0 aromatic carbocycles. The maximum absolute atomic E-state index is 11.0. The summed E-state index contributed by atoms with van der Waals surface area (Å²) in [7, 11) is 0. The van der Waals surface area contributed by atoms with Crippen LogP contribution in [0.15, 0.2) is 23.0 Å². The molecule has 5 heteroatoms. The Labute approximate surface area is 81.0 Å². The fraction of sp³-hybridized carbons (Fsp3) is 0.333. The maximum atomic E-state index is 11.0. The number of rotatable bonds is 3. The van der Waals surface area contributed by atoms with Crippen LogP contribution in [0.3, 0.4) is 0 Å². The molecule has 1 aromatic heterocycles. The Hall–Kier alpha value is -1.78. The van der Waals surface area contributed by atoms with Crippen LogP contribution in [0.2, 0.25) is 0 Å². The molecule has 1 rings (SSSR count). The molecule has 0 fully saturated rings. The highest BCUT2D eigenvalue weighted by Crippen LogP contribution is 1.98. The Morgan fingerprint density at radius 1 is 1.57 bits per heavy atom. The molecule has 14 heavy (non-hydrogen) atoms. The van der Waals surface area contributed by atoms with Crippen molar-refractivity contribution in [2.24, 2.45) is 0 Å². The predicted octanol–water partition coefficient (Wildman–Crippen LogP) is 0.459. The minimum absolute atomic E-state index is 0.192. The van der Waals surface area contributed by atoms with Gasteiger partial charge in [0.25, 0.3) is 0 Å². The van der Waals surface area contributed by atoms with Crippen molar-refractivity contribution in [1.29, 1.82) is 0 Å². The molecule has 0 aliphatic rings. The molecular weight excluding hydrogens is 186 g/mol. The first-order chi connectivity index (χ1) is 6.74. The number of furan rings is 1. The lowest BCUT2D eigenvalue weighted by Crippen LogP contribution is -2.31. The van der Waals surface area contributed by atoms with Gasteiger partial charge in [0.2, 0.25) is 0 Å². The highest BCUT2D eigenvalue weighted by molar-refractivity contribution is 6.32. The molecule has 0 spiro atoms. The number of amides is 1. The average molecular weight is 197 g/mol. The molecule has 5 nitrogen and oxygen atoms in total. The molecule has 0 aliphatic heterocycles. The predicted molar refractivity (Wildman–Crippen MR) is 47.2 cm³/mol. The molecule has 0 radical (unpaired) electrons. The molecule has 0 bridgehead atoms. The van der Waals surface area contributed by atoms with Gasteiger partial charge in [0.05, 0.1) is 19.1 Å². The smallest absolute Gasteiger partial charge is 0.396 e. The van der Waals surface area contributed by atoms with Crippen molar-refractivity contribution in [2.75, 3.05) is 6.61 Å². The summed E-state index contributed by atoms with van der Waals surface area (Å²) in [6.45, 7) is 2.09. The molecule has 0 aliphatic carbocycles. The normalized spacial score (nSPS) is 9.50. The monoisotopic (exact) mass is 197 g/mol. The van der Waals surface area contributed by atoms with Crippen molar-refractivity contribution in [3.05, 3.63) is 24.2 Å². The van der Waals surface area contributed by atoms with E-state index in [9.17, 15) is 9.59 Å². The highest BCUT2D eigenvalue weighted by Gasteiger charge is 2.13. The second-order valence-corrected chi connectivity index (χ2v) is 2.53. The molecule has 1 amide bonds. The molecule has 76 valence electrons. The topological polar surface area (TPSA) is 68.5 Å². The van der Waals surface area contributed by atoms with Crippen molar-refractivity contribution < 1.29 is 18.7 Å². The van der Waals surface area contributed by atoms with E-state index in [1.165, 1.54) is 12.5 Å². The first-order valence-electron chi connectivity index (χ1n) is 4.20. The van der Waals surface area contributed by atoms with Gasteiger partial charge in [0.15, 0.2) is 0 Å². The van der Waals surface area contributed by atoms with Crippen LogP contribution in [0.1, 0.15) is 12.5 Å². The molecule has 1 N–H and O–H groups in total. The molecule has 0 atom stereocenters. The van der Waals surface area contributed by atoms with Crippen LogP contribution >= 0.6 is 0 Å². The van der Waals surface area contributed by atoms with Gasteiger partial charge in [-0.05, 0) is 13.0 Å². The minimum atomic E-state index is -0.865. The third-order valence-electron chi connectivity index (χ3n) is 1.49. The van der Waals surface area contributed by atoms with Gasteiger partial charge in [-0.15, -0.1) is 0 Å². The molecule has 1 heterocycles. The van der Waals surface area contributed by atoms with Gasteiger partial charge in [-0.2, -0.15) is 0 Å². The van der Waals surface area contributed by atoms with Gasteiger partial charge < -0.3 is 14.5 Å². The number of esters is 1. The Balaban J connectivity index is 2.31. The van der Waals surface area contributed by atoms with Gasteiger partial charge in [-0.1, -0.05) is 0 Å². The molecule has 0 saturated heterocycles. The SMILES string of the molecule is CCOC(=O)C(=O)NCc1ccoc1. The Bertz CT molecular complexity index is 305. The first-order valence-corrected chi connectivity index (χ1v) is 4.20. The van der Waals surface area contributed by atoms with Crippen molar-refractivity contribution in [1.82, 2.24) is 5.32 Å². The zero-order valence-corrected chi connectivity index (χ0v) is 7.78. The Kier molecular flexibility index (Phi) is 3.72. The number of carbonyl (C=O) groups excluding carboxylic acids is 2. The fourth-order valence-corrected chi connectivity index (χ4v) is 0.844. The van der Waals surface area contributed by atoms with E-state index in [0.29, 0.717) is 0 Å². The number of carbonyl (C=O) groups is 2. The average Bonchev–Trinajstić information content (AvgIpc) is 2.67. The van der Waals surface area contributed by atoms with Crippen LogP contribution in [0, 0.1) is 0 Å². The highest BCUT2D eigenvalue weighted by atomic mass is 16.5. The largest absolute Gasteiger partial charge is 0.472 e. The quantitative estimate of drug-likeness (QED) is 0.564.